The maximum Gasteiger partial charge on any atom is -0.00990 e. The SMILES string of the molecule is c1ccc2cc3cc4c(-c5ccc(-c6cccc7cc8cc9ccccc9cc8cc67)cc5)cccc4cc3cc2c1. The van der Waals surface area contributed by atoms with Crippen LogP contribution in [-0.2, 0) is 0 Å². The van der Waals surface area contributed by atoms with E-state index in [9.17, 15) is 0 Å². The summed E-state index contributed by atoms with van der Waals surface area (Å²) >= 11 is 0. The van der Waals surface area contributed by atoms with Gasteiger partial charge in [-0.15, -0.1) is 0 Å². The van der Waals surface area contributed by atoms with Crippen LogP contribution in [0.15, 0.2) is 158 Å². The van der Waals surface area contributed by atoms with Crippen LogP contribution in [0.4, 0.5) is 0 Å². The average Bonchev–Trinajstić information content (AvgIpc) is 3.04. The van der Waals surface area contributed by atoms with Crippen molar-refractivity contribution in [3.05, 3.63) is 158 Å². The summed E-state index contributed by atoms with van der Waals surface area (Å²) in [6.45, 7) is 0. The van der Waals surface area contributed by atoms with Crippen molar-refractivity contribution >= 4 is 64.6 Å². The van der Waals surface area contributed by atoms with Crippen molar-refractivity contribution in [2.24, 2.45) is 0 Å². The Kier molecular flexibility index (Phi) is 5.00. The molecule has 0 amide bonds. The van der Waals surface area contributed by atoms with Crippen molar-refractivity contribution in [2.75, 3.05) is 0 Å². The van der Waals surface area contributed by atoms with Gasteiger partial charge in [0.1, 0.15) is 0 Å². The third kappa shape index (κ3) is 3.70. The maximum absolute atomic E-state index is 2.36. The lowest BCUT2D eigenvalue weighted by atomic mass is 9.92. The molecule has 0 spiro atoms. The minimum absolute atomic E-state index is 1.24. The van der Waals surface area contributed by atoms with E-state index >= 15 is 0 Å². The van der Waals surface area contributed by atoms with E-state index in [1.165, 1.54) is 86.9 Å². The van der Waals surface area contributed by atoms with E-state index in [-0.39, 0.29) is 0 Å². The van der Waals surface area contributed by atoms with Gasteiger partial charge in [-0.2, -0.15) is 0 Å². The number of fused-ring (bicyclic) bond motifs is 6. The quantitative estimate of drug-likeness (QED) is 0.195. The average molecular weight is 531 g/mol. The fourth-order valence-corrected chi connectivity index (χ4v) is 6.77. The first-order valence-corrected chi connectivity index (χ1v) is 14.6. The zero-order chi connectivity index (χ0) is 27.6. The molecular weight excluding hydrogens is 504 g/mol. The Morgan fingerprint density at radius 1 is 0.214 bits per heavy atom. The van der Waals surface area contributed by atoms with Crippen LogP contribution in [0.25, 0.3) is 86.9 Å². The number of rotatable bonds is 2. The summed E-state index contributed by atoms with van der Waals surface area (Å²) in [5, 5.41) is 15.4. The molecule has 42 heavy (non-hydrogen) atoms. The van der Waals surface area contributed by atoms with Crippen LogP contribution in [0.1, 0.15) is 0 Å². The van der Waals surface area contributed by atoms with Crippen molar-refractivity contribution in [2.45, 2.75) is 0 Å². The van der Waals surface area contributed by atoms with E-state index in [1.807, 2.05) is 0 Å². The minimum atomic E-state index is 1.24. The van der Waals surface area contributed by atoms with Gasteiger partial charge in [-0.3, -0.25) is 0 Å². The molecule has 9 rings (SSSR count). The van der Waals surface area contributed by atoms with Gasteiger partial charge in [0.05, 0.1) is 0 Å². The molecule has 9 aromatic carbocycles. The largest absolute Gasteiger partial charge is 0.0616 e. The van der Waals surface area contributed by atoms with Crippen LogP contribution in [0, 0.1) is 0 Å². The fraction of sp³-hybridized carbons (Fsp3) is 0. The highest BCUT2D eigenvalue weighted by molar-refractivity contribution is 6.10. The third-order valence-electron chi connectivity index (χ3n) is 8.91. The summed E-state index contributed by atoms with van der Waals surface area (Å²) in [6, 6.07) is 58.3. The maximum atomic E-state index is 2.36. The van der Waals surface area contributed by atoms with Crippen molar-refractivity contribution in [3.63, 3.8) is 0 Å². The zero-order valence-electron chi connectivity index (χ0n) is 23.0. The first-order chi connectivity index (χ1) is 20.8. The molecule has 0 nitrogen and oxygen atoms in total. The van der Waals surface area contributed by atoms with Gasteiger partial charge in [-0.05, 0) is 135 Å². The Labute approximate surface area is 244 Å². The van der Waals surface area contributed by atoms with Gasteiger partial charge in [0.2, 0.25) is 0 Å². The molecular formula is C42H26. The van der Waals surface area contributed by atoms with E-state index < -0.39 is 0 Å². The Morgan fingerprint density at radius 2 is 0.524 bits per heavy atom. The molecule has 0 N–H and O–H groups in total. The molecule has 0 aliphatic carbocycles. The van der Waals surface area contributed by atoms with Crippen LogP contribution < -0.4 is 0 Å². The summed E-state index contributed by atoms with van der Waals surface area (Å²) in [6.07, 6.45) is 0. The lowest BCUT2D eigenvalue weighted by Crippen LogP contribution is -1.86. The second-order valence-electron chi connectivity index (χ2n) is 11.4. The molecule has 0 bridgehead atoms. The van der Waals surface area contributed by atoms with Crippen LogP contribution in [0.2, 0.25) is 0 Å². The lowest BCUT2D eigenvalue weighted by Gasteiger charge is -2.12. The second kappa shape index (κ2) is 9.03. The van der Waals surface area contributed by atoms with Crippen LogP contribution in [0.5, 0.6) is 0 Å². The normalized spacial score (nSPS) is 11.8. The highest BCUT2D eigenvalue weighted by Crippen LogP contribution is 2.37. The molecule has 0 atom stereocenters. The molecule has 0 unspecified atom stereocenters. The Bertz CT molecular complexity index is 2320. The minimum Gasteiger partial charge on any atom is -0.0616 e. The van der Waals surface area contributed by atoms with Gasteiger partial charge in [0.15, 0.2) is 0 Å². The van der Waals surface area contributed by atoms with E-state index in [0.717, 1.165) is 0 Å². The monoisotopic (exact) mass is 530 g/mol. The van der Waals surface area contributed by atoms with Crippen molar-refractivity contribution in [1.82, 2.24) is 0 Å². The second-order valence-corrected chi connectivity index (χ2v) is 11.4. The van der Waals surface area contributed by atoms with Gasteiger partial charge >= 0.3 is 0 Å². The van der Waals surface area contributed by atoms with Crippen molar-refractivity contribution in [3.8, 4) is 22.3 Å². The molecule has 0 heteroatoms. The summed E-state index contributed by atoms with van der Waals surface area (Å²) in [4.78, 5) is 0. The van der Waals surface area contributed by atoms with E-state index in [1.54, 1.807) is 0 Å². The fourth-order valence-electron chi connectivity index (χ4n) is 6.77. The molecule has 9 aromatic rings. The van der Waals surface area contributed by atoms with Gasteiger partial charge in [0.25, 0.3) is 0 Å². The highest BCUT2D eigenvalue weighted by Gasteiger charge is 2.10. The highest BCUT2D eigenvalue weighted by atomic mass is 14.1. The van der Waals surface area contributed by atoms with Crippen LogP contribution >= 0.6 is 0 Å². The van der Waals surface area contributed by atoms with Crippen LogP contribution in [0.3, 0.4) is 0 Å². The Balaban J connectivity index is 1.16. The molecule has 0 heterocycles. The number of hydrogen-bond acceptors (Lipinski definition) is 0. The van der Waals surface area contributed by atoms with E-state index in [0.29, 0.717) is 0 Å². The zero-order valence-corrected chi connectivity index (χ0v) is 23.0. The number of hydrogen-bond donors (Lipinski definition) is 0. The summed E-state index contributed by atoms with van der Waals surface area (Å²) < 4.78 is 0. The summed E-state index contributed by atoms with van der Waals surface area (Å²) in [5.41, 5.74) is 5.01. The molecule has 0 aliphatic rings. The Hall–Kier alpha value is -5.46. The molecule has 0 saturated heterocycles. The third-order valence-corrected chi connectivity index (χ3v) is 8.91. The molecule has 0 radical (unpaired) electrons. The Morgan fingerprint density at radius 3 is 0.905 bits per heavy atom. The first kappa shape index (κ1) is 23.3. The van der Waals surface area contributed by atoms with Gasteiger partial charge in [0, 0.05) is 0 Å². The predicted octanol–water partition coefficient (Wildman–Crippen LogP) is 11.9. The smallest absolute Gasteiger partial charge is 0.00990 e. The van der Waals surface area contributed by atoms with E-state index in [4.69, 9.17) is 0 Å². The van der Waals surface area contributed by atoms with Gasteiger partial charge < -0.3 is 0 Å². The predicted molar refractivity (Wildman–Crippen MR) is 182 cm³/mol. The van der Waals surface area contributed by atoms with Crippen molar-refractivity contribution < 1.29 is 0 Å². The first-order valence-electron chi connectivity index (χ1n) is 14.6. The lowest BCUT2D eigenvalue weighted by molar-refractivity contribution is 1.63. The standard InChI is InChI=1S/C42H26/c1-3-9-31-21-37-25-41-33(23-35(37)19-29(31)7-1)11-5-13-39(41)27-15-17-28(18-16-27)40-14-6-12-34-24-36-20-30-8-2-4-10-32(30)22-38(36)26-42(34)40/h1-26H. The summed E-state index contributed by atoms with van der Waals surface area (Å²) in [7, 11) is 0. The van der Waals surface area contributed by atoms with E-state index in [2.05, 4.69) is 158 Å². The van der Waals surface area contributed by atoms with Crippen LogP contribution in [-0.4, -0.2) is 0 Å². The van der Waals surface area contributed by atoms with Gasteiger partial charge in [-0.1, -0.05) is 109 Å². The molecule has 0 fully saturated rings. The van der Waals surface area contributed by atoms with Crippen molar-refractivity contribution in [1.29, 1.82) is 0 Å². The van der Waals surface area contributed by atoms with Gasteiger partial charge in [-0.25, -0.2) is 0 Å². The summed E-state index contributed by atoms with van der Waals surface area (Å²) in [5.74, 6) is 0. The topological polar surface area (TPSA) is 0 Å². The molecule has 0 saturated carbocycles. The molecule has 0 aromatic heterocycles. The number of benzene rings is 9. The molecule has 194 valence electrons. The molecule has 0 aliphatic heterocycles.